The van der Waals surface area contributed by atoms with E-state index in [1.54, 1.807) is 18.1 Å². The third kappa shape index (κ3) is 1.87. The van der Waals surface area contributed by atoms with E-state index in [1.807, 2.05) is 0 Å². The molecule has 0 amide bonds. The van der Waals surface area contributed by atoms with Gasteiger partial charge in [-0.2, -0.15) is 0 Å². The van der Waals surface area contributed by atoms with Gasteiger partial charge >= 0.3 is 0 Å². The van der Waals surface area contributed by atoms with Gasteiger partial charge in [0.25, 0.3) is 0 Å². The Balaban J connectivity index is 2.43. The monoisotopic (exact) mass is 248 g/mol. The smallest absolute Gasteiger partial charge is 0.136 e. The van der Waals surface area contributed by atoms with Crippen LogP contribution in [0.15, 0.2) is 11.1 Å². The van der Waals surface area contributed by atoms with Gasteiger partial charge in [-0.1, -0.05) is 45.8 Å². The number of allylic oxidation sites excluding steroid dienone is 2. The second kappa shape index (κ2) is 4.21. The summed E-state index contributed by atoms with van der Waals surface area (Å²) < 4.78 is 0. The zero-order chi connectivity index (χ0) is 13.7. The molecule has 0 bridgehead atoms. The highest BCUT2D eigenvalue weighted by molar-refractivity contribution is 5.83. The molecule has 0 heterocycles. The van der Waals surface area contributed by atoms with Gasteiger partial charge in [-0.3, -0.25) is 4.79 Å². The molecule has 0 radical (unpaired) electrons. The molecular weight excluding hydrogens is 220 g/mol. The zero-order valence-corrected chi connectivity index (χ0v) is 12.9. The Labute approximate surface area is 112 Å². The molecule has 0 saturated carbocycles. The Morgan fingerprint density at radius 2 is 1.78 bits per heavy atom. The fraction of sp³-hybridized carbons (Fsp3) is 0.824. The number of rotatable bonds is 1. The third-order valence-electron chi connectivity index (χ3n) is 6.30. The molecule has 0 N–H and O–H groups in total. The Bertz CT molecular complexity index is 402. The highest BCUT2D eigenvalue weighted by atomic mass is 16.1. The fourth-order valence-corrected chi connectivity index (χ4v) is 3.84. The topological polar surface area (TPSA) is 17.1 Å². The maximum absolute atomic E-state index is 12.1. The maximum Gasteiger partial charge on any atom is 0.136 e. The van der Waals surface area contributed by atoms with Crippen molar-refractivity contribution in [3.05, 3.63) is 11.1 Å². The van der Waals surface area contributed by atoms with Crippen LogP contribution in [0.2, 0.25) is 0 Å². The van der Waals surface area contributed by atoms with E-state index in [1.165, 1.54) is 12.8 Å². The lowest BCUT2D eigenvalue weighted by Gasteiger charge is -2.49. The minimum Gasteiger partial charge on any atom is -0.299 e. The van der Waals surface area contributed by atoms with Crippen molar-refractivity contribution in [2.24, 2.45) is 22.7 Å². The molecule has 0 fully saturated rings. The predicted molar refractivity (Wildman–Crippen MR) is 76.4 cm³/mol. The van der Waals surface area contributed by atoms with Crippen molar-refractivity contribution in [1.29, 1.82) is 0 Å². The summed E-state index contributed by atoms with van der Waals surface area (Å²) >= 11 is 0. The number of Topliss-reactive ketones (excluding diaryl/α,β-unsaturated/α-hetero) is 1. The molecule has 2 aliphatic carbocycles. The van der Waals surface area contributed by atoms with Gasteiger partial charge < -0.3 is 0 Å². The van der Waals surface area contributed by atoms with E-state index in [0.717, 1.165) is 18.8 Å². The van der Waals surface area contributed by atoms with Gasteiger partial charge in [-0.05, 0) is 49.9 Å². The van der Waals surface area contributed by atoms with Crippen LogP contribution < -0.4 is 0 Å². The van der Waals surface area contributed by atoms with Crippen LogP contribution in [-0.4, -0.2) is 5.78 Å². The van der Waals surface area contributed by atoms with Crippen LogP contribution in [0, 0.1) is 22.7 Å². The Hall–Kier alpha value is -0.590. The van der Waals surface area contributed by atoms with E-state index in [9.17, 15) is 4.79 Å². The van der Waals surface area contributed by atoms with Gasteiger partial charge in [0, 0.05) is 5.41 Å². The average Bonchev–Trinajstić information content (AvgIpc) is 2.27. The fourth-order valence-electron chi connectivity index (χ4n) is 3.84. The molecular formula is C17H28O. The summed E-state index contributed by atoms with van der Waals surface area (Å²) in [5, 5.41) is 0. The van der Waals surface area contributed by atoms with E-state index in [2.05, 4.69) is 34.6 Å². The molecule has 2 aliphatic rings. The number of hydrogen-bond donors (Lipinski definition) is 0. The molecule has 0 aromatic rings. The predicted octanol–water partition coefficient (Wildman–Crippen LogP) is 4.76. The Morgan fingerprint density at radius 3 is 2.33 bits per heavy atom. The van der Waals surface area contributed by atoms with Gasteiger partial charge in [0.1, 0.15) is 5.78 Å². The highest BCUT2D eigenvalue weighted by Gasteiger charge is 2.46. The first-order valence-electron chi connectivity index (χ1n) is 7.42. The van der Waals surface area contributed by atoms with Crippen LogP contribution in [-0.2, 0) is 4.79 Å². The van der Waals surface area contributed by atoms with Crippen molar-refractivity contribution < 1.29 is 4.79 Å². The summed E-state index contributed by atoms with van der Waals surface area (Å²) in [4.78, 5) is 12.1. The van der Waals surface area contributed by atoms with Crippen LogP contribution in [0.5, 0.6) is 0 Å². The van der Waals surface area contributed by atoms with Crippen molar-refractivity contribution in [2.75, 3.05) is 0 Å². The van der Waals surface area contributed by atoms with Gasteiger partial charge in [0.15, 0.2) is 0 Å². The first-order chi connectivity index (χ1) is 8.19. The summed E-state index contributed by atoms with van der Waals surface area (Å²) in [6.45, 7) is 13.3. The van der Waals surface area contributed by atoms with Crippen molar-refractivity contribution >= 4 is 5.78 Å². The first-order valence-corrected chi connectivity index (χ1v) is 7.42. The number of ketones is 1. The number of hydrogen-bond acceptors (Lipinski definition) is 1. The lowest BCUT2D eigenvalue weighted by atomic mass is 9.55. The van der Waals surface area contributed by atoms with Gasteiger partial charge in [0.05, 0.1) is 0 Å². The molecule has 0 spiro atoms. The molecule has 18 heavy (non-hydrogen) atoms. The highest BCUT2D eigenvalue weighted by Crippen LogP contribution is 2.55. The lowest BCUT2D eigenvalue weighted by molar-refractivity contribution is -0.129. The molecule has 3 atom stereocenters. The minimum atomic E-state index is -0.132. The van der Waals surface area contributed by atoms with Gasteiger partial charge in [-0.25, -0.2) is 0 Å². The quantitative estimate of drug-likeness (QED) is 0.611. The second-order valence-corrected chi connectivity index (χ2v) is 7.50. The minimum absolute atomic E-state index is 0.132. The van der Waals surface area contributed by atoms with E-state index < -0.39 is 0 Å². The molecule has 0 aromatic carbocycles. The number of carbonyl (C=O) groups is 1. The summed E-state index contributed by atoms with van der Waals surface area (Å²) in [5.41, 5.74) is 3.43. The molecule has 0 aromatic heterocycles. The molecule has 102 valence electrons. The molecule has 0 saturated heterocycles. The molecule has 1 heteroatoms. The summed E-state index contributed by atoms with van der Waals surface area (Å²) in [5.74, 6) is 1.61. The average molecular weight is 248 g/mol. The second-order valence-electron chi connectivity index (χ2n) is 7.50. The SMILES string of the molecule is CC(=O)[C@]1(C)CC2=C(CCC(C)C2(C)C)C[C@@H]1C. The van der Waals surface area contributed by atoms with Crippen LogP contribution in [0.25, 0.3) is 0 Å². The lowest BCUT2D eigenvalue weighted by Crippen LogP contribution is -2.42. The third-order valence-corrected chi connectivity index (χ3v) is 6.30. The maximum atomic E-state index is 12.1. The van der Waals surface area contributed by atoms with Crippen LogP contribution in [0.1, 0.15) is 67.2 Å². The Kier molecular flexibility index (Phi) is 3.24. The van der Waals surface area contributed by atoms with Crippen molar-refractivity contribution in [2.45, 2.75) is 67.2 Å². The largest absolute Gasteiger partial charge is 0.299 e. The van der Waals surface area contributed by atoms with Crippen molar-refractivity contribution in [3.8, 4) is 0 Å². The summed E-state index contributed by atoms with van der Waals surface area (Å²) in [7, 11) is 0. The van der Waals surface area contributed by atoms with Gasteiger partial charge in [-0.15, -0.1) is 0 Å². The van der Waals surface area contributed by atoms with E-state index >= 15 is 0 Å². The zero-order valence-electron chi connectivity index (χ0n) is 12.9. The number of carbonyl (C=O) groups excluding carboxylic acids is 1. The van der Waals surface area contributed by atoms with Crippen LogP contribution in [0.4, 0.5) is 0 Å². The van der Waals surface area contributed by atoms with E-state index in [-0.39, 0.29) is 10.8 Å². The van der Waals surface area contributed by atoms with Crippen LogP contribution >= 0.6 is 0 Å². The van der Waals surface area contributed by atoms with Crippen molar-refractivity contribution in [3.63, 3.8) is 0 Å². The first kappa shape index (κ1) is 13.8. The van der Waals surface area contributed by atoms with Crippen LogP contribution in [0.3, 0.4) is 0 Å². The molecule has 2 rings (SSSR count). The molecule has 1 unspecified atom stereocenters. The van der Waals surface area contributed by atoms with E-state index in [0.29, 0.717) is 11.7 Å². The molecule has 1 nitrogen and oxygen atoms in total. The van der Waals surface area contributed by atoms with E-state index in [4.69, 9.17) is 0 Å². The summed E-state index contributed by atoms with van der Waals surface area (Å²) in [6, 6.07) is 0. The Morgan fingerprint density at radius 1 is 1.17 bits per heavy atom. The normalized spacial score (nSPS) is 39.4. The standard InChI is InChI=1S/C17H28O/c1-11-7-8-14-9-12(2)17(6,13(3)18)10-15(14)16(11,4)5/h11-12H,7-10H2,1-6H3/t11?,12-,17+/m0/s1. The van der Waals surface area contributed by atoms with Gasteiger partial charge in [0.2, 0.25) is 0 Å². The van der Waals surface area contributed by atoms with Crippen molar-refractivity contribution in [1.82, 2.24) is 0 Å². The summed E-state index contributed by atoms with van der Waals surface area (Å²) in [6.07, 6.45) is 4.71. The molecule has 0 aliphatic heterocycles.